The lowest BCUT2D eigenvalue weighted by molar-refractivity contribution is 0.178. The summed E-state index contributed by atoms with van der Waals surface area (Å²) in [5.74, 6) is 1.54. The van der Waals surface area contributed by atoms with Crippen molar-refractivity contribution >= 4 is 5.96 Å². The predicted octanol–water partition coefficient (Wildman–Crippen LogP) is 1.55. The molecular formula is C15H34N4O. The summed E-state index contributed by atoms with van der Waals surface area (Å²) in [5.41, 5.74) is 0. The third-order valence-electron chi connectivity index (χ3n) is 3.76. The SMILES string of the molecule is CCC(CC)C(CNC(=NC)NC(C)COC)N(C)C. The number of guanidine groups is 1. The number of hydrogen-bond acceptors (Lipinski definition) is 3. The van der Waals surface area contributed by atoms with Gasteiger partial charge < -0.3 is 20.3 Å². The van der Waals surface area contributed by atoms with Crippen molar-refractivity contribution in [3.8, 4) is 0 Å². The molecule has 120 valence electrons. The quantitative estimate of drug-likeness (QED) is 0.499. The van der Waals surface area contributed by atoms with Gasteiger partial charge in [-0.1, -0.05) is 26.7 Å². The van der Waals surface area contributed by atoms with E-state index >= 15 is 0 Å². The summed E-state index contributed by atoms with van der Waals surface area (Å²) < 4.78 is 5.13. The van der Waals surface area contributed by atoms with E-state index in [0.717, 1.165) is 12.5 Å². The van der Waals surface area contributed by atoms with Crippen molar-refractivity contribution in [2.24, 2.45) is 10.9 Å². The first-order valence-corrected chi connectivity index (χ1v) is 7.62. The lowest BCUT2D eigenvalue weighted by Gasteiger charge is -2.32. The molecule has 0 aliphatic carbocycles. The van der Waals surface area contributed by atoms with E-state index in [0.29, 0.717) is 18.6 Å². The molecule has 0 aromatic heterocycles. The van der Waals surface area contributed by atoms with Crippen LogP contribution in [0, 0.1) is 5.92 Å². The topological polar surface area (TPSA) is 48.9 Å². The minimum atomic E-state index is 0.247. The smallest absolute Gasteiger partial charge is 0.191 e. The Balaban J connectivity index is 4.44. The Morgan fingerprint density at radius 2 is 1.85 bits per heavy atom. The average Bonchev–Trinajstić information content (AvgIpc) is 2.41. The van der Waals surface area contributed by atoms with E-state index in [2.05, 4.69) is 55.4 Å². The van der Waals surface area contributed by atoms with E-state index in [-0.39, 0.29) is 6.04 Å². The van der Waals surface area contributed by atoms with Crippen molar-refractivity contribution in [2.45, 2.75) is 45.7 Å². The van der Waals surface area contributed by atoms with Crippen molar-refractivity contribution in [3.05, 3.63) is 0 Å². The minimum Gasteiger partial charge on any atom is -0.383 e. The molecule has 5 nitrogen and oxygen atoms in total. The Labute approximate surface area is 125 Å². The number of nitrogens with zero attached hydrogens (tertiary/aromatic N) is 2. The molecule has 0 fully saturated rings. The van der Waals surface area contributed by atoms with Crippen LogP contribution in [-0.2, 0) is 4.74 Å². The maximum absolute atomic E-state index is 5.13. The van der Waals surface area contributed by atoms with Crippen molar-refractivity contribution in [3.63, 3.8) is 0 Å². The highest BCUT2D eigenvalue weighted by Crippen LogP contribution is 2.16. The first kappa shape index (κ1) is 19.2. The van der Waals surface area contributed by atoms with Crippen LogP contribution in [0.25, 0.3) is 0 Å². The zero-order valence-electron chi connectivity index (χ0n) is 14.4. The summed E-state index contributed by atoms with van der Waals surface area (Å²) in [6.07, 6.45) is 2.40. The Kier molecular flexibility index (Phi) is 10.5. The Hall–Kier alpha value is -0.810. The normalized spacial score (nSPS) is 15.6. The zero-order chi connectivity index (χ0) is 15.5. The van der Waals surface area contributed by atoms with Crippen molar-refractivity contribution in [1.82, 2.24) is 15.5 Å². The fourth-order valence-electron chi connectivity index (χ4n) is 2.52. The van der Waals surface area contributed by atoms with Gasteiger partial charge in [0.1, 0.15) is 0 Å². The molecular weight excluding hydrogens is 252 g/mol. The number of ether oxygens (including phenoxy) is 1. The number of hydrogen-bond donors (Lipinski definition) is 2. The molecule has 0 aliphatic heterocycles. The van der Waals surface area contributed by atoms with Crippen molar-refractivity contribution < 1.29 is 4.74 Å². The second-order valence-electron chi connectivity index (χ2n) is 5.56. The Morgan fingerprint density at radius 1 is 1.25 bits per heavy atom. The van der Waals surface area contributed by atoms with E-state index in [1.54, 1.807) is 14.2 Å². The molecule has 0 aliphatic rings. The maximum Gasteiger partial charge on any atom is 0.191 e. The second kappa shape index (κ2) is 10.9. The predicted molar refractivity (Wildman–Crippen MR) is 87.4 cm³/mol. The van der Waals surface area contributed by atoms with Gasteiger partial charge in [-0.2, -0.15) is 0 Å². The van der Waals surface area contributed by atoms with E-state index in [4.69, 9.17) is 4.74 Å². The van der Waals surface area contributed by atoms with Crippen molar-refractivity contribution in [1.29, 1.82) is 0 Å². The molecule has 0 radical (unpaired) electrons. The lowest BCUT2D eigenvalue weighted by Crippen LogP contribution is -2.50. The molecule has 0 heterocycles. The first-order valence-electron chi connectivity index (χ1n) is 7.62. The average molecular weight is 286 g/mol. The molecule has 5 heteroatoms. The summed E-state index contributed by atoms with van der Waals surface area (Å²) in [6, 6.07) is 0.762. The van der Waals surface area contributed by atoms with Gasteiger partial charge in [-0.05, 0) is 26.9 Å². The van der Waals surface area contributed by atoms with E-state index in [1.165, 1.54) is 12.8 Å². The van der Waals surface area contributed by atoms with Gasteiger partial charge in [0.05, 0.1) is 6.61 Å². The highest BCUT2D eigenvalue weighted by atomic mass is 16.5. The number of nitrogens with one attached hydrogen (secondary N) is 2. The van der Waals surface area contributed by atoms with Crippen LogP contribution in [0.15, 0.2) is 4.99 Å². The van der Waals surface area contributed by atoms with Gasteiger partial charge in [0.2, 0.25) is 0 Å². The molecule has 0 rings (SSSR count). The third-order valence-corrected chi connectivity index (χ3v) is 3.76. The monoisotopic (exact) mass is 286 g/mol. The van der Waals surface area contributed by atoms with Gasteiger partial charge in [-0.3, -0.25) is 4.99 Å². The maximum atomic E-state index is 5.13. The van der Waals surface area contributed by atoms with Crippen LogP contribution in [0.3, 0.4) is 0 Å². The summed E-state index contributed by atoms with van der Waals surface area (Å²) in [6.45, 7) is 8.18. The summed E-state index contributed by atoms with van der Waals surface area (Å²) in [5, 5.41) is 6.76. The number of methoxy groups -OCH3 is 1. The van der Waals surface area contributed by atoms with Crippen molar-refractivity contribution in [2.75, 3.05) is 41.4 Å². The van der Waals surface area contributed by atoms with E-state index in [1.807, 2.05) is 0 Å². The van der Waals surface area contributed by atoms with Crippen LogP contribution in [0.2, 0.25) is 0 Å². The van der Waals surface area contributed by atoms with Crippen LogP contribution in [0.1, 0.15) is 33.6 Å². The van der Waals surface area contributed by atoms with Crippen LogP contribution >= 0.6 is 0 Å². The highest BCUT2D eigenvalue weighted by Gasteiger charge is 2.20. The molecule has 2 N–H and O–H groups in total. The minimum absolute atomic E-state index is 0.247. The van der Waals surface area contributed by atoms with Gasteiger partial charge in [-0.25, -0.2) is 0 Å². The highest BCUT2D eigenvalue weighted by molar-refractivity contribution is 5.79. The van der Waals surface area contributed by atoms with Crippen LogP contribution in [-0.4, -0.2) is 64.3 Å². The summed E-state index contributed by atoms with van der Waals surface area (Å²) in [4.78, 5) is 6.58. The fraction of sp³-hybridized carbons (Fsp3) is 0.933. The largest absolute Gasteiger partial charge is 0.383 e. The fourth-order valence-corrected chi connectivity index (χ4v) is 2.52. The third kappa shape index (κ3) is 7.10. The molecule has 0 spiro atoms. The molecule has 2 unspecified atom stereocenters. The molecule has 20 heavy (non-hydrogen) atoms. The van der Waals surface area contributed by atoms with Gasteiger partial charge in [0.25, 0.3) is 0 Å². The number of rotatable bonds is 9. The van der Waals surface area contributed by atoms with E-state index in [9.17, 15) is 0 Å². The van der Waals surface area contributed by atoms with Crippen LogP contribution in [0.4, 0.5) is 0 Å². The zero-order valence-corrected chi connectivity index (χ0v) is 14.4. The molecule has 0 saturated heterocycles. The summed E-state index contributed by atoms with van der Waals surface area (Å²) >= 11 is 0. The Bertz CT molecular complexity index is 265. The van der Waals surface area contributed by atoms with E-state index < -0.39 is 0 Å². The number of likely N-dealkylation sites (N-methyl/N-ethyl adjacent to an activating group) is 1. The molecule has 2 atom stereocenters. The summed E-state index contributed by atoms with van der Waals surface area (Å²) in [7, 11) is 7.81. The molecule has 0 aromatic rings. The van der Waals surface area contributed by atoms with Gasteiger partial charge in [-0.15, -0.1) is 0 Å². The molecule has 0 bridgehead atoms. The first-order chi connectivity index (χ1) is 9.49. The standard InChI is InChI=1S/C15H34N4O/c1-8-13(9-2)14(19(5)6)10-17-15(16-4)18-12(3)11-20-7/h12-14H,8-11H2,1-7H3,(H2,16,17,18). The van der Waals surface area contributed by atoms with Crippen LogP contribution < -0.4 is 10.6 Å². The van der Waals surface area contributed by atoms with Crippen LogP contribution in [0.5, 0.6) is 0 Å². The Morgan fingerprint density at radius 3 is 2.25 bits per heavy atom. The lowest BCUT2D eigenvalue weighted by atomic mass is 9.93. The van der Waals surface area contributed by atoms with Gasteiger partial charge in [0, 0.05) is 32.8 Å². The van der Waals surface area contributed by atoms with Gasteiger partial charge in [0.15, 0.2) is 5.96 Å². The number of aliphatic imine (C=N–C) groups is 1. The molecule has 0 amide bonds. The molecule has 0 aromatic carbocycles. The molecule has 0 saturated carbocycles. The van der Waals surface area contributed by atoms with Gasteiger partial charge >= 0.3 is 0 Å². The second-order valence-corrected chi connectivity index (χ2v) is 5.56.